The van der Waals surface area contributed by atoms with E-state index in [0.717, 1.165) is 59.1 Å². The van der Waals surface area contributed by atoms with Gasteiger partial charge in [0.05, 0.1) is 33.8 Å². The van der Waals surface area contributed by atoms with Crippen molar-refractivity contribution < 1.29 is 42.3 Å². The fourth-order valence-corrected chi connectivity index (χ4v) is 10.5. The van der Waals surface area contributed by atoms with E-state index < -0.39 is 48.1 Å². The molecule has 1 N–H and O–H groups in total. The third-order valence-electron chi connectivity index (χ3n) is 14.4. The second kappa shape index (κ2) is 25.8. The maximum atomic E-state index is 16.4. The molecule has 3 atom stereocenters. The summed E-state index contributed by atoms with van der Waals surface area (Å²) in [4.78, 5) is 26.5. The van der Waals surface area contributed by atoms with E-state index in [0.29, 0.717) is 11.5 Å². The van der Waals surface area contributed by atoms with Crippen LogP contribution in [0.5, 0.6) is 11.5 Å². The summed E-state index contributed by atoms with van der Waals surface area (Å²) in [6.07, 6.45) is 13.3. The molecule has 14 heteroatoms. The fraction of sp³-hybridized carbons (Fsp3) is 0.312. The van der Waals surface area contributed by atoms with E-state index in [1.165, 1.54) is 32.0 Å². The number of methoxy groups -OCH3 is 2. The molecule has 1 saturated heterocycles. The SMILES string of the molecule is C#C[C@]1(COCOC(=O)OCCCCCCCCCC)O[C@@H](n2cnc3c(NC(c4ccccc4)(c4ccccc4)c4ccc(OC)cc4)nc(F)nc32)C[C@@H]1OC(c1ccccc1)(c1ccccc1)c1ccc(OC)cc1. The average Bonchev–Trinajstić information content (AvgIpc) is 4.27. The van der Waals surface area contributed by atoms with Crippen LogP contribution in [0.2, 0.25) is 0 Å². The first kappa shape index (κ1) is 54.7. The number of imidazole rings is 1. The van der Waals surface area contributed by atoms with Gasteiger partial charge in [-0.2, -0.15) is 14.4 Å². The van der Waals surface area contributed by atoms with Crippen molar-refractivity contribution >= 4 is 23.1 Å². The van der Waals surface area contributed by atoms with Crippen LogP contribution in [-0.4, -0.2) is 71.6 Å². The first-order valence-corrected chi connectivity index (χ1v) is 26.7. The molecule has 13 nitrogen and oxygen atoms in total. The smallest absolute Gasteiger partial charge is 0.497 e. The van der Waals surface area contributed by atoms with Crippen LogP contribution in [-0.2, 0) is 34.8 Å². The number of hydrogen-bond acceptors (Lipinski definition) is 12. The molecule has 2 aromatic heterocycles. The highest BCUT2D eigenvalue weighted by molar-refractivity contribution is 5.84. The number of benzene rings is 6. The van der Waals surface area contributed by atoms with E-state index >= 15 is 4.39 Å². The number of hydrogen-bond donors (Lipinski definition) is 1. The number of terminal acetylenes is 1. The van der Waals surface area contributed by atoms with E-state index in [1.54, 1.807) is 18.8 Å². The fourth-order valence-electron chi connectivity index (χ4n) is 10.5. The molecule has 0 spiro atoms. The van der Waals surface area contributed by atoms with Crippen LogP contribution >= 0.6 is 0 Å². The molecule has 0 bridgehead atoms. The van der Waals surface area contributed by atoms with Gasteiger partial charge in [0.1, 0.15) is 35.0 Å². The molecule has 1 aliphatic heterocycles. The van der Waals surface area contributed by atoms with Crippen molar-refractivity contribution in [2.24, 2.45) is 0 Å². The third kappa shape index (κ3) is 11.9. The van der Waals surface area contributed by atoms with Gasteiger partial charge in [0, 0.05) is 6.42 Å². The molecule has 9 rings (SSSR count). The molecular formula is C64H66FN5O8. The van der Waals surface area contributed by atoms with Crippen LogP contribution in [0.1, 0.15) is 104 Å². The molecule has 1 aliphatic rings. The number of carbonyl (C=O) groups is 1. The summed E-state index contributed by atoms with van der Waals surface area (Å²) in [5, 5.41) is 3.68. The van der Waals surface area contributed by atoms with Gasteiger partial charge >= 0.3 is 12.2 Å². The number of ether oxygens (including phenoxy) is 7. The van der Waals surface area contributed by atoms with Gasteiger partial charge in [0.15, 0.2) is 29.4 Å². The van der Waals surface area contributed by atoms with Gasteiger partial charge < -0.3 is 38.5 Å². The minimum Gasteiger partial charge on any atom is -0.497 e. The number of fused-ring (bicyclic) bond motifs is 1. The first-order valence-electron chi connectivity index (χ1n) is 26.7. The molecule has 0 aliphatic carbocycles. The summed E-state index contributed by atoms with van der Waals surface area (Å²) >= 11 is 0. The zero-order valence-corrected chi connectivity index (χ0v) is 44.4. The largest absolute Gasteiger partial charge is 0.510 e. The molecule has 8 aromatic rings. The van der Waals surface area contributed by atoms with Crippen molar-refractivity contribution in [3.05, 3.63) is 216 Å². The zero-order valence-electron chi connectivity index (χ0n) is 44.4. The number of rotatable bonds is 26. The highest BCUT2D eigenvalue weighted by Gasteiger charge is 2.54. The van der Waals surface area contributed by atoms with Crippen LogP contribution in [0, 0.1) is 18.4 Å². The molecule has 0 saturated carbocycles. The Labute approximate surface area is 456 Å². The lowest BCUT2D eigenvalue weighted by molar-refractivity contribution is -0.158. The predicted molar refractivity (Wildman–Crippen MR) is 297 cm³/mol. The van der Waals surface area contributed by atoms with Crippen LogP contribution in [0.25, 0.3) is 11.2 Å². The number of unbranched alkanes of at least 4 members (excludes halogenated alkanes) is 7. The lowest BCUT2D eigenvalue weighted by Crippen LogP contribution is -2.49. The van der Waals surface area contributed by atoms with E-state index in [-0.39, 0.29) is 36.6 Å². The van der Waals surface area contributed by atoms with Crippen molar-refractivity contribution in [1.82, 2.24) is 19.5 Å². The van der Waals surface area contributed by atoms with E-state index in [4.69, 9.17) is 44.6 Å². The zero-order chi connectivity index (χ0) is 54.2. The van der Waals surface area contributed by atoms with Crippen molar-refractivity contribution in [2.75, 3.05) is 39.5 Å². The summed E-state index contributed by atoms with van der Waals surface area (Å²) in [6.45, 7) is 1.66. The minimum atomic E-state index is -1.66. The first-order chi connectivity index (χ1) is 38.3. The van der Waals surface area contributed by atoms with Crippen molar-refractivity contribution in [3.8, 4) is 23.8 Å². The maximum absolute atomic E-state index is 16.4. The Hall–Kier alpha value is -8.09. The van der Waals surface area contributed by atoms with E-state index in [2.05, 4.69) is 28.1 Å². The second-order valence-corrected chi connectivity index (χ2v) is 19.3. The second-order valence-electron chi connectivity index (χ2n) is 19.3. The normalized spacial score (nSPS) is 16.3. The molecular weight excluding hydrogens is 986 g/mol. The van der Waals surface area contributed by atoms with Gasteiger partial charge in [-0.3, -0.25) is 4.57 Å². The van der Waals surface area contributed by atoms with Gasteiger partial charge in [-0.05, 0) is 64.1 Å². The van der Waals surface area contributed by atoms with Crippen LogP contribution in [0.4, 0.5) is 15.0 Å². The molecule has 402 valence electrons. The molecule has 0 radical (unpaired) electrons. The van der Waals surface area contributed by atoms with Gasteiger partial charge in [-0.15, -0.1) is 6.42 Å². The van der Waals surface area contributed by atoms with Crippen molar-refractivity contribution in [3.63, 3.8) is 0 Å². The Kier molecular flexibility index (Phi) is 18.1. The maximum Gasteiger partial charge on any atom is 0.510 e. The lowest BCUT2D eigenvalue weighted by atomic mass is 9.77. The van der Waals surface area contributed by atoms with Gasteiger partial charge in [0.25, 0.3) is 0 Å². The van der Waals surface area contributed by atoms with Gasteiger partial charge in [0.2, 0.25) is 0 Å². The average molecular weight is 1050 g/mol. The summed E-state index contributed by atoms with van der Waals surface area (Å²) in [7, 11) is 3.23. The molecule has 0 unspecified atom stereocenters. The standard InChI is InChI=1S/C64H66FN5O8/c1-5-7-8-9-10-11-12-25-42-75-61(71)76-46-74-44-62(6-2)55(77-64(50-30-21-15-22-31-50,51-32-23-16-24-33-51)52-36-40-54(73-4)41-37-52)43-56(78-62)70-45-66-57-58(67-60(65)68-59(57)70)69-63(47-26-17-13-18-27-47,48-28-19-14-20-29-48)49-34-38-53(72-3)39-35-49/h2,13-24,26-41,45,55-56H,5,7-12,25,42-44,46H2,1,3-4H3,(H,67,68,69)/t55-,56+,62+/m0/s1. The Morgan fingerprint density at radius 2 is 1.19 bits per heavy atom. The van der Waals surface area contributed by atoms with Gasteiger partial charge in [-0.25, -0.2) is 9.78 Å². The minimum absolute atomic E-state index is 0.0935. The quantitative estimate of drug-likeness (QED) is 0.0138. The summed E-state index contributed by atoms with van der Waals surface area (Å²) < 4.78 is 60.9. The predicted octanol–water partition coefficient (Wildman–Crippen LogP) is 13.3. The molecule has 0 amide bonds. The highest BCUT2D eigenvalue weighted by Crippen LogP contribution is 2.49. The lowest BCUT2D eigenvalue weighted by Gasteiger charge is -2.41. The molecule has 3 heterocycles. The van der Waals surface area contributed by atoms with Gasteiger partial charge in [-0.1, -0.05) is 203 Å². The Bertz CT molecular complexity index is 3120. The Morgan fingerprint density at radius 1 is 0.692 bits per heavy atom. The third-order valence-corrected chi connectivity index (χ3v) is 14.4. The Morgan fingerprint density at radius 3 is 1.73 bits per heavy atom. The van der Waals surface area contributed by atoms with E-state index in [9.17, 15) is 4.79 Å². The summed E-state index contributed by atoms with van der Waals surface area (Å²) in [5.41, 5.74) is 1.18. The number of nitrogens with one attached hydrogen (secondary N) is 1. The summed E-state index contributed by atoms with van der Waals surface area (Å²) in [6, 6.07) is 54.8. The van der Waals surface area contributed by atoms with Crippen LogP contribution in [0.15, 0.2) is 176 Å². The number of anilines is 1. The van der Waals surface area contributed by atoms with E-state index in [1.807, 2.05) is 170 Å². The molecule has 1 fully saturated rings. The molecule has 6 aromatic carbocycles. The van der Waals surface area contributed by atoms with Crippen LogP contribution in [0.3, 0.4) is 0 Å². The van der Waals surface area contributed by atoms with Crippen molar-refractivity contribution in [1.29, 1.82) is 0 Å². The number of nitrogens with zero attached hydrogens (tertiary/aromatic N) is 4. The van der Waals surface area contributed by atoms with Crippen molar-refractivity contribution in [2.45, 2.75) is 93.8 Å². The monoisotopic (exact) mass is 1050 g/mol. The number of carbonyl (C=O) groups excluding carboxylic acids is 1. The topological polar surface area (TPSA) is 137 Å². The summed E-state index contributed by atoms with van der Waals surface area (Å²) in [5.74, 6) is 4.36. The number of aromatic nitrogens is 4. The van der Waals surface area contributed by atoms with Crippen LogP contribution < -0.4 is 14.8 Å². The molecule has 78 heavy (non-hydrogen) atoms. The highest BCUT2D eigenvalue weighted by atomic mass is 19.1. The Balaban J connectivity index is 1.08. The number of halogens is 1.